The Bertz CT molecular complexity index is 547. The predicted molar refractivity (Wildman–Crippen MR) is 58.4 cm³/mol. The molecule has 4 nitrogen and oxygen atoms in total. The Morgan fingerprint density at radius 3 is 2.29 bits per heavy atom. The minimum absolute atomic E-state index is 0.406. The number of nitrogens with one attached hydrogen (secondary N) is 1. The van der Waals surface area contributed by atoms with Crippen molar-refractivity contribution in [2.45, 2.75) is 0 Å². The van der Waals surface area contributed by atoms with Crippen LogP contribution in [0, 0.1) is 11.6 Å². The minimum Gasteiger partial charge on any atom is -0.269 e. The molecule has 0 aromatic heterocycles. The van der Waals surface area contributed by atoms with Gasteiger partial charge in [0, 0.05) is 11.6 Å². The molecule has 0 saturated heterocycles. The summed E-state index contributed by atoms with van der Waals surface area (Å²) in [5.74, 6) is -2.66. The summed E-state index contributed by atoms with van der Waals surface area (Å²) in [5.41, 5.74) is -0.406. The first-order chi connectivity index (χ1) is 7.79. The molecule has 17 heavy (non-hydrogen) atoms. The van der Waals surface area contributed by atoms with Crippen LogP contribution in [0.15, 0.2) is 24.3 Å². The second-order valence-corrected chi connectivity index (χ2v) is 4.96. The van der Waals surface area contributed by atoms with Gasteiger partial charge in [0.1, 0.15) is 11.6 Å². The number of hydrogen-bond donors (Lipinski definition) is 1. The lowest BCUT2D eigenvalue weighted by Gasteiger charge is -1.99. The first-order valence-corrected chi connectivity index (χ1v) is 6.32. The topological polar surface area (TPSA) is 63.2 Å². The van der Waals surface area contributed by atoms with Gasteiger partial charge in [-0.1, -0.05) is 6.07 Å². The summed E-state index contributed by atoms with van der Waals surface area (Å²) < 4.78 is 49.2. The molecule has 0 atom stereocenters. The van der Waals surface area contributed by atoms with E-state index in [0.29, 0.717) is 0 Å². The van der Waals surface area contributed by atoms with E-state index in [9.17, 15) is 22.0 Å². The van der Waals surface area contributed by atoms with Gasteiger partial charge in [-0.2, -0.15) is 0 Å². The lowest BCUT2D eigenvalue weighted by atomic mass is 10.2. The molecule has 0 saturated carbocycles. The van der Waals surface area contributed by atoms with Crippen molar-refractivity contribution in [1.29, 1.82) is 0 Å². The number of sulfonamides is 1. The number of hydrogen-bond acceptors (Lipinski definition) is 3. The molecule has 0 aliphatic heterocycles. The average molecular weight is 261 g/mol. The Hall–Kier alpha value is -1.76. The van der Waals surface area contributed by atoms with Crippen LogP contribution in [0.4, 0.5) is 8.78 Å². The quantitative estimate of drug-likeness (QED) is 0.827. The molecule has 0 aliphatic carbocycles. The average Bonchev–Trinajstić information content (AvgIpc) is 2.14. The Balaban J connectivity index is 2.88. The highest BCUT2D eigenvalue weighted by atomic mass is 32.2. The molecule has 1 aromatic carbocycles. The zero-order valence-corrected chi connectivity index (χ0v) is 9.59. The van der Waals surface area contributed by atoms with Crippen LogP contribution in [0.2, 0.25) is 0 Å². The van der Waals surface area contributed by atoms with Crippen molar-refractivity contribution < 1.29 is 22.0 Å². The summed E-state index contributed by atoms with van der Waals surface area (Å²) in [6, 6.07) is 3.23. The molecular weight excluding hydrogens is 252 g/mol. The summed E-state index contributed by atoms with van der Waals surface area (Å²) in [7, 11) is -3.69. The van der Waals surface area contributed by atoms with E-state index in [1.54, 1.807) is 4.72 Å². The molecule has 0 spiro atoms. The third-order valence-electron chi connectivity index (χ3n) is 1.69. The Morgan fingerprint density at radius 2 is 1.82 bits per heavy atom. The number of carbonyl (C=O) groups is 1. The second-order valence-electron chi connectivity index (χ2n) is 3.21. The predicted octanol–water partition coefficient (Wildman–Crippen LogP) is 1.05. The summed E-state index contributed by atoms with van der Waals surface area (Å²) in [6.07, 6.45) is 2.40. The van der Waals surface area contributed by atoms with E-state index in [1.807, 2.05) is 0 Å². The number of rotatable bonds is 3. The monoisotopic (exact) mass is 261 g/mol. The summed E-state index contributed by atoms with van der Waals surface area (Å²) in [4.78, 5) is 11.0. The first kappa shape index (κ1) is 13.3. The molecule has 1 N–H and O–H groups in total. The zero-order valence-electron chi connectivity index (χ0n) is 8.78. The lowest BCUT2D eigenvalue weighted by molar-refractivity contribution is -0.114. The molecule has 1 aromatic rings. The highest BCUT2D eigenvalue weighted by molar-refractivity contribution is 7.89. The molecule has 0 heterocycles. The number of carbonyl (C=O) groups excluding carboxylic acids is 1. The summed E-state index contributed by atoms with van der Waals surface area (Å²) in [6.45, 7) is 0. The Morgan fingerprint density at radius 1 is 1.29 bits per heavy atom. The van der Waals surface area contributed by atoms with Crippen LogP contribution >= 0.6 is 0 Å². The first-order valence-electron chi connectivity index (χ1n) is 4.43. The third-order valence-corrected chi connectivity index (χ3v) is 2.26. The van der Waals surface area contributed by atoms with Gasteiger partial charge in [0.05, 0.1) is 6.26 Å². The lowest BCUT2D eigenvalue weighted by Crippen LogP contribution is -2.27. The maximum absolute atomic E-state index is 13.1. The molecule has 0 fully saturated rings. The zero-order chi connectivity index (χ0) is 13.1. The van der Waals surface area contributed by atoms with E-state index in [-0.39, 0.29) is 0 Å². The van der Waals surface area contributed by atoms with Crippen molar-refractivity contribution in [3.05, 3.63) is 41.5 Å². The van der Waals surface area contributed by atoms with E-state index in [4.69, 9.17) is 0 Å². The molecule has 92 valence electrons. The fraction of sp³-hybridized carbons (Fsp3) is 0.100. The van der Waals surface area contributed by atoms with Crippen LogP contribution in [0.5, 0.6) is 0 Å². The molecule has 0 unspecified atom stereocenters. The maximum atomic E-state index is 13.1. The van der Waals surface area contributed by atoms with Gasteiger partial charge in [0.25, 0.3) is 5.91 Å². The van der Waals surface area contributed by atoms with E-state index < -0.39 is 33.1 Å². The number of amides is 1. The largest absolute Gasteiger partial charge is 0.269 e. The maximum Gasteiger partial charge on any atom is 0.257 e. The Kier molecular flexibility index (Phi) is 3.95. The van der Waals surface area contributed by atoms with Crippen molar-refractivity contribution in [2.24, 2.45) is 0 Å². The fourth-order valence-corrected chi connectivity index (χ4v) is 1.48. The second kappa shape index (κ2) is 5.05. The van der Waals surface area contributed by atoms with Crippen LogP contribution in [-0.4, -0.2) is 20.6 Å². The fourth-order valence-electron chi connectivity index (χ4n) is 1.05. The van der Waals surface area contributed by atoms with E-state index in [2.05, 4.69) is 0 Å². The van der Waals surface area contributed by atoms with Crippen molar-refractivity contribution in [1.82, 2.24) is 4.72 Å². The van der Waals surface area contributed by atoms with Gasteiger partial charge >= 0.3 is 0 Å². The smallest absolute Gasteiger partial charge is 0.257 e. The minimum atomic E-state index is -3.69. The number of benzene rings is 1. The van der Waals surface area contributed by atoms with Gasteiger partial charge in [-0.3, -0.25) is 4.79 Å². The van der Waals surface area contributed by atoms with Crippen LogP contribution < -0.4 is 4.72 Å². The molecule has 0 aliphatic rings. The molecule has 7 heteroatoms. The standard InChI is InChI=1S/C10H9F2NO3S/c1-17(15,16)13-10(14)6-5-7-8(11)3-2-4-9(7)12/h2-6H,1H3,(H,13,14)/b6-5+. The normalized spacial score (nSPS) is 11.7. The SMILES string of the molecule is CS(=O)(=O)NC(=O)/C=C/c1c(F)cccc1F. The highest BCUT2D eigenvalue weighted by Gasteiger charge is 2.07. The highest BCUT2D eigenvalue weighted by Crippen LogP contribution is 2.13. The Labute approximate surface area is 97.0 Å². The molecule has 0 radical (unpaired) electrons. The van der Waals surface area contributed by atoms with Gasteiger partial charge < -0.3 is 0 Å². The third kappa shape index (κ3) is 4.31. The summed E-state index contributed by atoms with van der Waals surface area (Å²) >= 11 is 0. The van der Waals surface area contributed by atoms with Crippen molar-refractivity contribution in [3.8, 4) is 0 Å². The van der Waals surface area contributed by atoms with Gasteiger partial charge in [0.15, 0.2) is 0 Å². The van der Waals surface area contributed by atoms with Crippen molar-refractivity contribution >= 4 is 22.0 Å². The van der Waals surface area contributed by atoms with Gasteiger partial charge in [0.2, 0.25) is 10.0 Å². The van der Waals surface area contributed by atoms with Crippen LogP contribution in [0.3, 0.4) is 0 Å². The molecule has 1 amide bonds. The summed E-state index contributed by atoms with van der Waals surface area (Å²) in [5, 5.41) is 0. The van der Waals surface area contributed by atoms with E-state index in [0.717, 1.165) is 30.5 Å². The molecule has 1 rings (SSSR count). The van der Waals surface area contributed by atoms with E-state index in [1.165, 1.54) is 6.07 Å². The molecule has 0 bridgehead atoms. The number of halogens is 2. The van der Waals surface area contributed by atoms with Gasteiger partial charge in [-0.15, -0.1) is 0 Å². The van der Waals surface area contributed by atoms with Gasteiger partial charge in [-0.25, -0.2) is 21.9 Å². The van der Waals surface area contributed by atoms with Crippen molar-refractivity contribution in [3.63, 3.8) is 0 Å². The van der Waals surface area contributed by atoms with Crippen LogP contribution in [-0.2, 0) is 14.8 Å². The van der Waals surface area contributed by atoms with Gasteiger partial charge in [-0.05, 0) is 18.2 Å². The molecular formula is C10H9F2NO3S. The van der Waals surface area contributed by atoms with Crippen LogP contribution in [0.25, 0.3) is 6.08 Å². The van der Waals surface area contributed by atoms with Crippen molar-refractivity contribution in [2.75, 3.05) is 6.26 Å². The van der Waals surface area contributed by atoms with E-state index >= 15 is 0 Å². The van der Waals surface area contributed by atoms with Crippen LogP contribution in [0.1, 0.15) is 5.56 Å².